The van der Waals surface area contributed by atoms with Gasteiger partial charge in [-0.25, -0.2) is 0 Å². The summed E-state index contributed by atoms with van der Waals surface area (Å²) in [6, 6.07) is 7.25. The second-order valence-electron chi connectivity index (χ2n) is 3.31. The number of ether oxygens (including phenoxy) is 2. The predicted molar refractivity (Wildman–Crippen MR) is 65.2 cm³/mol. The Labute approximate surface area is 101 Å². The van der Waals surface area contributed by atoms with Crippen molar-refractivity contribution >= 4 is 5.91 Å². The Balaban J connectivity index is 2.47. The monoisotopic (exact) mass is 238 g/mol. The van der Waals surface area contributed by atoms with Crippen LogP contribution >= 0.6 is 0 Å². The molecule has 0 spiro atoms. The van der Waals surface area contributed by atoms with Crippen LogP contribution in [0.1, 0.15) is 6.92 Å². The van der Waals surface area contributed by atoms with Crippen molar-refractivity contribution in [2.75, 3.05) is 26.3 Å². The number of nitrogens with two attached hydrogens (primary N) is 1. The third-order valence-corrected chi connectivity index (χ3v) is 1.97. The topological polar surface area (TPSA) is 73.6 Å². The van der Waals surface area contributed by atoms with E-state index in [1.807, 2.05) is 19.1 Å². The largest absolute Gasteiger partial charge is 0.490 e. The summed E-state index contributed by atoms with van der Waals surface area (Å²) in [7, 11) is 0. The molecule has 1 rings (SSSR count). The second kappa shape index (κ2) is 7.51. The van der Waals surface area contributed by atoms with E-state index in [1.165, 1.54) is 0 Å². The lowest BCUT2D eigenvalue weighted by Crippen LogP contribution is -2.32. The Bertz CT molecular complexity index is 355. The second-order valence-corrected chi connectivity index (χ2v) is 3.31. The quantitative estimate of drug-likeness (QED) is 0.727. The van der Waals surface area contributed by atoms with Gasteiger partial charge in [0.2, 0.25) is 0 Å². The molecule has 1 aromatic rings. The number of carbonyl (C=O) groups is 1. The standard InChI is InChI=1S/C12H18N2O3/c1-2-16-10-5-3-4-6-11(10)17-9-12(15)14-8-7-13/h3-6H,2,7-9,13H2,1H3,(H,14,15). The lowest BCUT2D eigenvalue weighted by atomic mass is 10.3. The van der Waals surface area contributed by atoms with Crippen molar-refractivity contribution < 1.29 is 14.3 Å². The normalized spacial score (nSPS) is 9.76. The number of hydrogen-bond donors (Lipinski definition) is 2. The van der Waals surface area contributed by atoms with E-state index in [2.05, 4.69) is 5.32 Å². The molecule has 0 bridgehead atoms. The van der Waals surface area contributed by atoms with Crippen molar-refractivity contribution in [2.24, 2.45) is 5.73 Å². The molecule has 94 valence electrons. The molecule has 3 N–H and O–H groups in total. The van der Waals surface area contributed by atoms with Crippen molar-refractivity contribution in [3.63, 3.8) is 0 Å². The van der Waals surface area contributed by atoms with Gasteiger partial charge in [0.05, 0.1) is 6.61 Å². The highest BCUT2D eigenvalue weighted by Crippen LogP contribution is 2.25. The number of benzene rings is 1. The van der Waals surface area contributed by atoms with Crippen LogP contribution < -0.4 is 20.5 Å². The van der Waals surface area contributed by atoms with Crippen molar-refractivity contribution in [3.05, 3.63) is 24.3 Å². The average Bonchev–Trinajstić information content (AvgIpc) is 2.35. The molecule has 0 saturated carbocycles. The summed E-state index contributed by atoms with van der Waals surface area (Å²) in [5.41, 5.74) is 5.27. The van der Waals surface area contributed by atoms with Crippen molar-refractivity contribution in [1.29, 1.82) is 0 Å². The van der Waals surface area contributed by atoms with E-state index < -0.39 is 0 Å². The zero-order valence-electron chi connectivity index (χ0n) is 9.94. The molecular weight excluding hydrogens is 220 g/mol. The van der Waals surface area contributed by atoms with E-state index in [1.54, 1.807) is 12.1 Å². The van der Waals surface area contributed by atoms with Gasteiger partial charge >= 0.3 is 0 Å². The molecule has 1 amide bonds. The van der Waals surface area contributed by atoms with E-state index in [0.717, 1.165) is 0 Å². The van der Waals surface area contributed by atoms with Crippen LogP contribution in [-0.2, 0) is 4.79 Å². The zero-order chi connectivity index (χ0) is 12.5. The minimum atomic E-state index is -0.193. The molecule has 1 aromatic carbocycles. The first-order chi connectivity index (χ1) is 8.27. The van der Waals surface area contributed by atoms with Crippen LogP contribution in [0.25, 0.3) is 0 Å². The van der Waals surface area contributed by atoms with Crippen LogP contribution in [0.3, 0.4) is 0 Å². The maximum atomic E-state index is 11.3. The number of hydrogen-bond acceptors (Lipinski definition) is 4. The number of para-hydroxylation sites is 2. The molecule has 0 atom stereocenters. The lowest BCUT2D eigenvalue weighted by Gasteiger charge is -2.11. The van der Waals surface area contributed by atoms with E-state index in [0.29, 0.717) is 31.2 Å². The fourth-order valence-electron chi connectivity index (χ4n) is 1.25. The highest BCUT2D eigenvalue weighted by molar-refractivity contribution is 5.77. The van der Waals surface area contributed by atoms with Gasteiger partial charge in [0.15, 0.2) is 18.1 Å². The van der Waals surface area contributed by atoms with Crippen LogP contribution in [0.5, 0.6) is 11.5 Å². The summed E-state index contributed by atoms with van der Waals surface area (Å²) in [4.78, 5) is 11.3. The fourth-order valence-corrected chi connectivity index (χ4v) is 1.25. The molecule has 0 heterocycles. The number of nitrogens with one attached hydrogen (secondary N) is 1. The van der Waals surface area contributed by atoms with Gasteiger partial charge in [-0.05, 0) is 19.1 Å². The molecule has 0 aromatic heterocycles. The van der Waals surface area contributed by atoms with Gasteiger partial charge < -0.3 is 20.5 Å². The molecule has 0 aliphatic heterocycles. The fraction of sp³-hybridized carbons (Fsp3) is 0.417. The maximum Gasteiger partial charge on any atom is 0.257 e. The number of rotatable bonds is 7. The van der Waals surface area contributed by atoms with Crippen molar-refractivity contribution in [1.82, 2.24) is 5.32 Å². The lowest BCUT2D eigenvalue weighted by molar-refractivity contribution is -0.123. The molecule has 5 nitrogen and oxygen atoms in total. The third-order valence-electron chi connectivity index (χ3n) is 1.97. The zero-order valence-corrected chi connectivity index (χ0v) is 9.94. The molecule has 5 heteroatoms. The Morgan fingerprint density at radius 1 is 1.29 bits per heavy atom. The van der Waals surface area contributed by atoms with Crippen LogP contribution in [0.15, 0.2) is 24.3 Å². The smallest absolute Gasteiger partial charge is 0.257 e. The predicted octanol–water partition coefficient (Wildman–Crippen LogP) is 0.539. The average molecular weight is 238 g/mol. The van der Waals surface area contributed by atoms with Gasteiger partial charge in [-0.1, -0.05) is 12.1 Å². The molecule has 0 saturated heterocycles. The van der Waals surface area contributed by atoms with E-state index in [9.17, 15) is 4.79 Å². The summed E-state index contributed by atoms with van der Waals surface area (Å²) in [5, 5.41) is 2.62. The molecule has 0 unspecified atom stereocenters. The Morgan fingerprint density at radius 2 is 1.94 bits per heavy atom. The molecule has 0 aliphatic rings. The first-order valence-electron chi connectivity index (χ1n) is 5.59. The summed E-state index contributed by atoms with van der Waals surface area (Å²) in [5.74, 6) is 1.01. The van der Waals surface area contributed by atoms with Gasteiger partial charge in [-0.3, -0.25) is 4.79 Å². The summed E-state index contributed by atoms with van der Waals surface area (Å²) in [6.07, 6.45) is 0. The molecule has 17 heavy (non-hydrogen) atoms. The number of amides is 1. The summed E-state index contributed by atoms with van der Waals surface area (Å²) in [6.45, 7) is 3.28. The van der Waals surface area contributed by atoms with E-state index in [4.69, 9.17) is 15.2 Å². The first kappa shape index (κ1) is 13.3. The highest BCUT2D eigenvalue weighted by atomic mass is 16.5. The van der Waals surface area contributed by atoms with Crippen LogP contribution in [0, 0.1) is 0 Å². The Morgan fingerprint density at radius 3 is 2.53 bits per heavy atom. The van der Waals surface area contributed by atoms with Crippen LogP contribution in [-0.4, -0.2) is 32.2 Å². The first-order valence-corrected chi connectivity index (χ1v) is 5.59. The van der Waals surface area contributed by atoms with Crippen molar-refractivity contribution in [2.45, 2.75) is 6.92 Å². The molecule has 0 fully saturated rings. The van der Waals surface area contributed by atoms with Gasteiger partial charge in [0.25, 0.3) is 5.91 Å². The van der Waals surface area contributed by atoms with E-state index >= 15 is 0 Å². The summed E-state index contributed by atoms with van der Waals surface area (Å²) >= 11 is 0. The van der Waals surface area contributed by atoms with Crippen LogP contribution in [0.2, 0.25) is 0 Å². The van der Waals surface area contributed by atoms with Gasteiger partial charge in [-0.2, -0.15) is 0 Å². The molecular formula is C12H18N2O3. The van der Waals surface area contributed by atoms with Gasteiger partial charge in [0, 0.05) is 13.1 Å². The summed E-state index contributed by atoms with van der Waals surface area (Å²) < 4.78 is 10.7. The Kier molecular flexibility index (Phi) is 5.88. The highest BCUT2D eigenvalue weighted by Gasteiger charge is 2.06. The van der Waals surface area contributed by atoms with Gasteiger partial charge in [0.1, 0.15) is 0 Å². The molecule has 0 radical (unpaired) electrons. The van der Waals surface area contributed by atoms with Gasteiger partial charge in [-0.15, -0.1) is 0 Å². The molecule has 0 aliphatic carbocycles. The maximum absolute atomic E-state index is 11.3. The van der Waals surface area contributed by atoms with Crippen LogP contribution in [0.4, 0.5) is 0 Å². The third kappa shape index (κ3) is 4.74. The minimum Gasteiger partial charge on any atom is -0.490 e. The SMILES string of the molecule is CCOc1ccccc1OCC(=O)NCCN. The Hall–Kier alpha value is -1.75. The number of carbonyl (C=O) groups excluding carboxylic acids is 1. The van der Waals surface area contributed by atoms with Crippen molar-refractivity contribution in [3.8, 4) is 11.5 Å². The van der Waals surface area contributed by atoms with E-state index in [-0.39, 0.29) is 12.5 Å². The minimum absolute atomic E-state index is 0.0376.